The Morgan fingerprint density at radius 2 is 2.38 bits per heavy atom. The van der Waals surface area contributed by atoms with Crippen LogP contribution in [0.15, 0.2) is 18.2 Å². The van der Waals surface area contributed by atoms with Crippen molar-refractivity contribution in [2.24, 2.45) is 5.92 Å². The van der Waals surface area contributed by atoms with Crippen molar-refractivity contribution in [1.29, 1.82) is 0 Å². The van der Waals surface area contributed by atoms with Crippen molar-refractivity contribution in [3.05, 3.63) is 24.0 Å². The van der Waals surface area contributed by atoms with Crippen molar-refractivity contribution in [3.63, 3.8) is 0 Å². The number of nitrogens with two attached hydrogens (primary N) is 1. The molecule has 0 saturated carbocycles. The number of likely N-dealkylation sites (tertiary alicyclic amines) is 1. The number of rotatable bonds is 5. The molecule has 1 aromatic rings. The van der Waals surface area contributed by atoms with E-state index < -0.39 is 5.82 Å². The Morgan fingerprint density at radius 3 is 3.05 bits per heavy atom. The number of benzene rings is 1. The summed E-state index contributed by atoms with van der Waals surface area (Å²) < 4.78 is 18.3. The Hall–Kier alpha value is -1.66. The number of methoxy groups -OCH3 is 1. The number of nitrogens with zero attached hydrogens (tertiary/aromatic N) is 1. The summed E-state index contributed by atoms with van der Waals surface area (Å²) in [6, 6.07) is 3.95. The second kappa shape index (κ2) is 6.87. The molecule has 1 aromatic carbocycles. The SMILES string of the molecule is COCC1CCN(C(C)C(=O)Nc2ccc(F)c(N)c2)C1. The lowest BCUT2D eigenvalue weighted by molar-refractivity contribution is -0.120. The summed E-state index contributed by atoms with van der Waals surface area (Å²) in [4.78, 5) is 14.4. The fourth-order valence-corrected chi connectivity index (χ4v) is 2.62. The first-order valence-corrected chi connectivity index (χ1v) is 7.10. The van der Waals surface area contributed by atoms with Crippen LogP contribution in [0.2, 0.25) is 0 Å². The summed E-state index contributed by atoms with van der Waals surface area (Å²) in [7, 11) is 1.69. The van der Waals surface area contributed by atoms with Gasteiger partial charge in [0.15, 0.2) is 0 Å². The van der Waals surface area contributed by atoms with Crippen LogP contribution in [0.5, 0.6) is 0 Å². The summed E-state index contributed by atoms with van der Waals surface area (Å²) >= 11 is 0. The van der Waals surface area contributed by atoms with E-state index in [2.05, 4.69) is 10.2 Å². The van der Waals surface area contributed by atoms with Crippen molar-refractivity contribution < 1.29 is 13.9 Å². The highest BCUT2D eigenvalue weighted by Gasteiger charge is 2.29. The molecule has 0 aromatic heterocycles. The Kier molecular flexibility index (Phi) is 5.14. The predicted molar refractivity (Wildman–Crippen MR) is 80.5 cm³/mol. The number of amides is 1. The number of ether oxygens (including phenoxy) is 1. The molecular weight excluding hydrogens is 273 g/mol. The highest BCUT2D eigenvalue weighted by molar-refractivity contribution is 5.94. The number of hydrogen-bond donors (Lipinski definition) is 2. The van der Waals surface area contributed by atoms with Gasteiger partial charge in [-0.2, -0.15) is 0 Å². The average Bonchev–Trinajstić information content (AvgIpc) is 2.91. The molecule has 21 heavy (non-hydrogen) atoms. The maximum atomic E-state index is 13.1. The molecule has 0 bridgehead atoms. The largest absolute Gasteiger partial charge is 0.396 e. The van der Waals surface area contributed by atoms with Gasteiger partial charge in [0, 0.05) is 19.3 Å². The van der Waals surface area contributed by atoms with Crippen LogP contribution in [-0.2, 0) is 9.53 Å². The minimum Gasteiger partial charge on any atom is -0.396 e. The maximum Gasteiger partial charge on any atom is 0.241 e. The third kappa shape index (κ3) is 3.92. The molecule has 6 heteroatoms. The molecule has 0 spiro atoms. The monoisotopic (exact) mass is 295 g/mol. The van der Waals surface area contributed by atoms with Crippen LogP contribution >= 0.6 is 0 Å². The van der Waals surface area contributed by atoms with Gasteiger partial charge in [-0.25, -0.2) is 4.39 Å². The summed E-state index contributed by atoms with van der Waals surface area (Å²) in [5.41, 5.74) is 6.04. The molecule has 1 saturated heterocycles. The number of nitrogen functional groups attached to an aromatic ring is 1. The molecule has 0 aliphatic carbocycles. The number of carbonyl (C=O) groups is 1. The number of hydrogen-bond acceptors (Lipinski definition) is 4. The number of anilines is 2. The van der Waals surface area contributed by atoms with Gasteiger partial charge >= 0.3 is 0 Å². The van der Waals surface area contributed by atoms with Gasteiger partial charge < -0.3 is 15.8 Å². The van der Waals surface area contributed by atoms with Gasteiger partial charge in [0.05, 0.1) is 18.3 Å². The lowest BCUT2D eigenvalue weighted by Gasteiger charge is -2.23. The van der Waals surface area contributed by atoms with Crippen molar-refractivity contribution >= 4 is 17.3 Å². The molecule has 116 valence electrons. The lowest BCUT2D eigenvalue weighted by atomic mass is 10.1. The summed E-state index contributed by atoms with van der Waals surface area (Å²) in [6.07, 6.45) is 1.04. The minimum atomic E-state index is -0.483. The summed E-state index contributed by atoms with van der Waals surface area (Å²) in [5.74, 6) is -0.117. The van der Waals surface area contributed by atoms with E-state index in [4.69, 9.17) is 10.5 Å². The predicted octanol–water partition coefficient (Wildman–Crippen LogP) is 1.70. The maximum absolute atomic E-state index is 13.1. The standard InChI is InChI=1S/C15H22FN3O2/c1-10(19-6-5-11(8-19)9-21-2)15(20)18-12-3-4-13(16)14(17)7-12/h3-4,7,10-11H,5-6,8-9,17H2,1-2H3,(H,18,20). The lowest BCUT2D eigenvalue weighted by Crippen LogP contribution is -2.40. The first-order chi connectivity index (χ1) is 10.0. The van der Waals surface area contributed by atoms with Crippen molar-refractivity contribution in [2.75, 3.05) is 37.9 Å². The third-order valence-corrected chi connectivity index (χ3v) is 3.91. The van der Waals surface area contributed by atoms with Gasteiger partial charge in [0.2, 0.25) is 5.91 Å². The number of nitrogens with one attached hydrogen (secondary N) is 1. The zero-order valence-electron chi connectivity index (χ0n) is 12.4. The van der Waals surface area contributed by atoms with Crippen molar-refractivity contribution in [1.82, 2.24) is 4.90 Å². The molecule has 1 amide bonds. The van der Waals surface area contributed by atoms with Crippen molar-refractivity contribution in [3.8, 4) is 0 Å². The molecule has 2 unspecified atom stereocenters. The van der Waals surface area contributed by atoms with Gasteiger partial charge in [-0.15, -0.1) is 0 Å². The van der Waals surface area contributed by atoms with Gasteiger partial charge in [0.1, 0.15) is 5.82 Å². The summed E-state index contributed by atoms with van der Waals surface area (Å²) in [5, 5.41) is 2.77. The molecule has 2 rings (SSSR count). The van der Waals surface area contributed by atoms with Crippen LogP contribution in [0.1, 0.15) is 13.3 Å². The normalized spacial score (nSPS) is 20.4. The third-order valence-electron chi connectivity index (χ3n) is 3.91. The van der Waals surface area contributed by atoms with Crippen molar-refractivity contribution in [2.45, 2.75) is 19.4 Å². The van der Waals surface area contributed by atoms with E-state index in [9.17, 15) is 9.18 Å². The average molecular weight is 295 g/mol. The highest BCUT2D eigenvalue weighted by atomic mass is 19.1. The second-order valence-corrected chi connectivity index (χ2v) is 5.51. The van der Waals surface area contributed by atoms with Crippen LogP contribution in [-0.4, -0.2) is 43.7 Å². The Bertz CT molecular complexity index is 510. The fourth-order valence-electron chi connectivity index (χ4n) is 2.62. The summed E-state index contributed by atoms with van der Waals surface area (Å²) in [6.45, 7) is 4.33. The Labute approximate surface area is 124 Å². The second-order valence-electron chi connectivity index (χ2n) is 5.51. The van der Waals surface area contributed by atoms with E-state index in [1.165, 1.54) is 18.2 Å². The molecule has 1 aliphatic heterocycles. The zero-order chi connectivity index (χ0) is 15.4. The van der Waals surface area contributed by atoms with Gasteiger partial charge in [-0.05, 0) is 44.0 Å². The Balaban J connectivity index is 1.92. The molecule has 1 aliphatic rings. The van der Waals surface area contributed by atoms with E-state index in [1.54, 1.807) is 7.11 Å². The quantitative estimate of drug-likeness (QED) is 0.811. The highest BCUT2D eigenvalue weighted by Crippen LogP contribution is 2.21. The Morgan fingerprint density at radius 1 is 1.62 bits per heavy atom. The smallest absolute Gasteiger partial charge is 0.241 e. The number of carbonyl (C=O) groups excluding carboxylic acids is 1. The molecule has 3 N–H and O–H groups in total. The number of halogens is 1. The van der Waals surface area contributed by atoms with Crippen LogP contribution < -0.4 is 11.1 Å². The molecule has 1 fully saturated rings. The molecule has 2 atom stereocenters. The zero-order valence-corrected chi connectivity index (χ0v) is 12.4. The fraction of sp³-hybridized carbons (Fsp3) is 0.533. The van der Waals surface area contributed by atoms with Crippen LogP contribution in [0.4, 0.5) is 15.8 Å². The van der Waals surface area contributed by atoms with E-state index in [0.29, 0.717) is 11.6 Å². The molecular formula is C15H22FN3O2. The van der Waals surface area contributed by atoms with Crippen LogP contribution in [0, 0.1) is 11.7 Å². The van der Waals surface area contributed by atoms with Crippen LogP contribution in [0.3, 0.4) is 0 Å². The van der Waals surface area contributed by atoms with E-state index >= 15 is 0 Å². The molecule has 5 nitrogen and oxygen atoms in total. The first kappa shape index (κ1) is 15.7. The van der Waals surface area contributed by atoms with Gasteiger partial charge in [0.25, 0.3) is 0 Å². The van der Waals surface area contributed by atoms with Crippen LogP contribution in [0.25, 0.3) is 0 Å². The van der Waals surface area contributed by atoms with E-state index in [0.717, 1.165) is 26.1 Å². The first-order valence-electron chi connectivity index (χ1n) is 7.10. The minimum absolute atomic E-state index is 0.0294. The molecule has 0 radical (unpaired) electrons. The van der Waals surface area contributed by atoms with E-state index in [-0.39, 0.29) is 17.6 Å². The van der Waals surface area contributed by atoms with E-state index in [1.807, 2.05) is 6.92 Å². The molecule has 1 heterocycles. The van der Waals surface area contributed by atoms with Gasteiger partial charge in [-0.1, -0.05) is 0 Å². The van der Waals surface area contributed by atoms with Gasteiger partial charge in [-0.3, -0.25) is 9.69 Å². The topological polar surface area (TPSA) is 67.6 Å².